The quantitative estimate of drug-likeness (QED) is 0.721. The molecular weight excluding hydrogens is 176 g/mol. The second kappa shape index (κ2) is 4.27. The van der Waals surface area contributed by atoms with Crippen LogP contribution in [0.25, 0.3) is 0 Å². The Kier molecular flexibility index (Phi) is 3.28. The van der Waals surface area contributed by atoms with E-state index in [4.69, 9.17) is 0 Å². The Morgan fingerprint density at radius 2 is 1.93 bits per heavy atom. The van der Waals surface area contributed by atoms with Crippen LogP contribution in [0.1, 0.15) is 25.8 Å². The average Bonchev–Trinajstić information content (AvgIpc) is 2.19. The Morgan fingerprint density at radius 3 is 2.36 bits per heavy atom. The maximum atomic E-state index is 10.9. The molecule has 0 bridgehead atoms. The summed E-state index contributed by atoms with van der Waals surface area (Å²) in [6.07, 6.45) is 1.12. The predicted molar refractivity (Wildman–Crippen MR) is 53.6 cm³/mol. The van der Waals surface area contributed by atoms with Gasteiger partial charge in [-0.2, -0.15) is 0 Å². The Hall–Kier alpha value is -1.31. The van der Waals surface area contributed by atoms with Crippen molar-refractivity contribution in [3.8, 4) is 0 Å². The van der Waals surface area contributed by atoms with Crippen molar-refractivity contribution in [2.75, 3.05) is 0 Å². The van der Waals surface area contributed by atoms with Crippen LogP contribution in [0.3, 0.4) is 0 Å². The Balaban J connectivity index is 2.81. The SMILES string of the molecule is CCC(C)(Cc1ccccc1)C(=O)[O-]. The lowest BCUT2D eigenvalue weighted by molar-refractivity contribution is -0.318. The van der Waals surface area contributed by atoms with E-state index in [-0.39, 0.29) is 0 Å². The fraction of sp³-hybridized carbons (Fsp3) is 0.417. The molecule has 0 aliphatic carbocycles. The van der Waals surface area contributed by atoms with Crippen LogP contribution < -0.4 is 5.11 Å². The fourth-order valence-corrected chi connectivity index (χ4v) is 1.39. The summed E-state index contributed by atoms with van der Waals surface area (Å²) in [6, 6.07) is 9.64. The molecule has 14 heavy (non-hydrogen) atoms. The van der Waals surface area contributed by atoms with Crippen molar-refractivity contribution in [3.05, 3.63) is 35.9 Å². The van der Waals surface area contributed by atoms with Crippen molar-refractivity contribution < 1.29 is 9.90 Å². The van der Waals surface area contributed by atoms with Gasteiger partial charge in [-0.15, -0.1) is 0 Å². The highest BCUT2D eigenvalue weighted by Gasteiger charge is 2.23. The van der Waals surface area contributed by atoms with Crippen molar-refractivity contribution in [3.63, 3.8) is 0 Å². The van der Waals surface area contributed by atoms with Gasteiger partial charge in [-0.1, -0.05) is 44.2 Å². The van der Waals surface area contributed by atoms with Crippen LogP contribution in [0.4, 0.5) is 0 Å². The number of carbonyl (C=O) groups excluding carboxylic acids is 1. The van der Waals surface area contributed by atoms with Crippen LogP contribution in [0.5, 0.6) is 0 Å². The van der Waals surface area contributed by atoms with Crippen molar-refractivity contribution in [2.24, 2.45) is 5.41 Å². The monoisotopic (exact) mass is 191 g/mol. The van der Waals surface area contributed by atoms with Gasteiger partial charge in [0.25, 0.3) is 0 Å². The number of carbonyl (C=O) groups is 1. The van der Waals surface area contributed by atoms with E-state index in [1.807, 2.05) is 37.3 Å². The molecule has 0 aliphatic heterocycles. The number of aliphatic carboxylic acids is 1. The number of benzene rings is 1. The van der Waals surface area contributed by atoms with E-state index in [1.54, 1.807) is 6.92 Å². The second-order valence-corrected chi connectivity index (χ2v) is 3.86. The zero-order chi connectivity index (χ0) is 10.6. The minimum atomic E-state index is -0.969. The van der Waals surface area contributed by atoms with Crippen LogP contribution in [0.2, 0.25) is 0 Å². The summed E-state index contributed by atoms with van der Waals surface area (Å²) in [5.74, 6) is -0.969. The Labute approximate surface area is 84.6 Å². The van der Waals surface area contributed by atoms with Crippen LogP contribution in [0, 0.1) is 5.41 Å². The molecule has 1 rings (SSSR count). The van der Waals surface area contributed by atoms with Gasteiger partial charge in [0.15, 0.2) is 0 Å². The van der Waals surface area contributed by atoms with Gasteiger partial charge in [-0.05, 0) is 18.4 Å². The number of carboxylic acids is 1. The van der Waals surface area contributed by atoms with Gasteiger partial charge in [0.05, 0.1) is 0 Å². The van der Waals surface area contributed by atoms with Gasteiger partial charge in [0.1, 0.15) is 0 Å². The molecule has 0 N–H and O–H groups in total. The largest absolute Gasteiger partial charge is 0.550 e. The zero-order valence-electron chi connectivity index (χ0n) is 8.62. The van der Waals surface area contributed by atoms with Crippen molar-refractivity contribution in [1.82, 2.24) is 0 Å². The summed E-state index contributed by atoms with van der Waals surface area (Å²) < 4.78 is 0. The third-order valence-electron chi connectivity index (χ3n) is 2.71. The van der Waals surface area contributed by atoms with E-state index < -0.39 is 11.4 Å². The number of carboxylic acid groups (broad SMARTS) is 1. The van der Waals surface area contributed by atoms with E-state index in [1.165, 1.54) is 0 Å². The van der Waals surface area contributed by atoms with Gasteiger partial charge in [-0.3, -0.25) is 0 Å². The highest BCUT2D eigenvalue weighted by Crippen LogP contribution is 2.25. The first-order valence-electron chi connectivity index (χ1n) is 4.84. The van der Waals surface area contributed by atoms with E-state index in [2.05, 4.69) is 0 Å². The number of hydrogen-bond acceptors (Lipinski definition) is 2. The number of rotatable bonds is 4. The molecule has 1 atom stereocenters. The molecule has 1 aromatic carbocycles. The molecule has 76 valence electrons. The smallest absolute Gasteiger partial charge is 0.0476 e. The highest BCUT2D eigenvalue weighted by molar-refractivity contribution is 5.72. The van der Waals surface area contributed by atoms with Gasteiger partial charge < -0.3 is 9.90 Å². The Bertz CT molecular complexity index is 305. The average molecular weight is 191 g/mol. The first kappa shape index (κ1) is 10.8. The summed E-state index contributed by atoms with van der Waals surface area (Å²) in [6.45, 7) is 3.61. The van der Waals surface area contributed by atoms with E-state index >= 15 is 0 Å². The maximum absolute atomic E-state index is 10.9. The molecule has 0 fully saturated rings. The third kappa shape index (κ3) is 2.34. The van der Waals surface area contributed by atoms with E-state index in [0.29, 0.717) is 12.8 Å². The molecule has 0 saturated carbocycles. The lowest BCUT2D eigenvalue weighted by Crippen LogP contribution is -2.41. The third-order valence-corrected chi connectivity index (χ3v) is 2.71. The molecule has 0 radical (unpaired) electrons. The second-order valence-electron chi connectivity index (χ2n) is 3.86. The van der Waals surface area contributed by atoms with Gasteiger partial charge in [0.2, 0.25) is 0 Å². The standard InChI is InChI=1S/C12H16O2/c1-3-12(2,11(13)14)9-10-7-5-4-6-8-10/h4-8H,3,9H2,1-2H3,(H,13,14)/p-1. The summed E-state index contributed by atoms with van der Waals surface area (Å²) in [7, 11) is 0. The molecule has 0 heterocycles. The van der Waals surface area contributed by atoms with Gasteiger partial charge in [-0.25, -0.2) is 0 Å². The molecule has 2 heteroatoms. The van der Waals surface area contributed by atoms with Crippen LogP contribution in [-0.2, 0) is 11.2 Å². The maximum Gasteiger partial charge on any atom is 0.0476 e. The van der Waals surface area contributed by atoms with Crippen molar-refractivity contribution in [1.29, 1.82) is 0 Å². The molecule has 2 nitrogen and oxygen atoms in total. The predicted octanol–water partition coefficient (Wildman–Crippen LogP) is 1.40. The molecule has 1 unspecified atom stereocenters. The highest BCUT2D eigenvalue weighted by atomic mass is 16.4. The topological polar surface area (TPSA) is 40.1 Å². The van der Waals surface area contributed by atoms with Crippen molar-refractivity contribution in [2.45, 2.75) is 26.7 Å². The lowest BCUT2D eigenvalue weighted by atomic mass is 9.81. The molecule has 0 saturated heterocycles. The van der Waals surface area contributed by atoms with Crippen molar-refractivity contribution >= 4 is 5.97 Å². The normalized spacial score (nSPS) is 14.7. The molecule has 0 spiro atoms. The van der Waals surface area contributed by atoms with Crippen LogP contribution >= 0.6 is 0 Å². The molecule has 1 aromatic rings. The van der Waals surface area contributed by atoms with Crippen LogP contribution in [-0.4, -0.2) is 5.97 Å². The summed E-state index contributed by atoms with van der Waals surface area (Å²) in [4.78, 5) is 10.9. The van der Waals surface area contributed by atoms with E-state index in [9.17, 15) is 9.90 Å². The first-order chi connectivity index (χ1) is 6.58. The summed E-state index contributed by atoms with van der Waals surface area (Å²) in [5.41, 5.74) is 0.294. The minimum Gasteiger partial charge on any atom is -0.550 e. The zero-order valence-corrected chi connectivity index (χ0v) is 8.62. The lowest BCUT2D eigenvalue weighted by Gasteiger charge is -2.29. The number of hydrogen-bond donors (Lipinski definition) is 0. The summed E-state index contributed by atoms with van der Waals surface area (Å²) in [5, 5.41) is 10.9. The van der Waals surface area contributed by atoms with Gasteiger partial charge in [0, 0.05) is 11.4 Å². The molecule has 0 aromatic heterocycles. The molecular formula is C12H15O2-. The van der Waals surface area contributed by atoms with Gasteiger partial charge >= 0.3 is 0 Å². The Morgan fingerprint density at radius 1 is 1.36 bits per heavy atom. The minimum absolute atomic E-state index is 0.534. The summed E-state index contributed by atoms with van der Waals surface area (Å²) >= 11 is 0. The molecule has 0 amide bonds. The van der Waals surface area contributed by atoms with E-state index in [0.717, 1.165) is 5.56 Å². The molecule has 0 aliphatic rings. The fourth-order valence-electron chi connectivity index (χ4n) is 1.39. The van der Waals surface area contributed by atoms with Crippen LogP contribution in [0.15, 0.2) is 30.3 Å². The first-order valence-corrected chi connectivity index (χ1v) is 4.84.